The van der Waals surface area contributed by atoms with Gasteiger partial charge in [-0.25, -0.2) is 4.98 Å². The predicted octanol–water partition coefficient (Wildman–Crippen LogP) is 8.67. The maximum absolute atomic E-state index is 6.52. The Morgan fingerprint density at radius 2 is 1.61 bits per heavy atom. The number of hydrogen-bond donors (Lipinski definition) is 0. The molecule has 1 aromatic heterocycles. The van der Waals surface area contributed by atoms with E-state index in [0.29, 0.717) is 18.3 Å². The van der Waals surface area contributed by atoms with Crippen molar-refractivity contribution >= 4 is 45.4 Å². The van der Waals surface area contributed by atoms with Gasteiger partial charge in [-0.1, -0.05) is 54.1 Å². The molecule has 1 heterocycles. The minimum Gasteiger partial charge on any atom is -0.311 e. The molecule has 7 heteroatoms. The van der Waals surface area contributed by atoms with E-state index in [-0.39, 0.29) is 11.2 Å². The number of hydrogen-bond acceptors (Lipinski definition) is 6. The molecule has 0 amide bonds. The van der Waals surface area contributed by atoms with Crippen molar-refractivity contribution in [2.24, 2.45) is 10.2 Å². The molecule has 0 saturated carbocycles. The molecule has 38 heavy (non-hydrogen) atoms. The molecule has 0 spiro atoms. The van der Waals surface area contributed by atoms with Gasteiger partial charge in [0.25, 0.3) is 0 Å². The lowest BCUT2D eigenvalue weighted by atomic mass is 9.72. The molecular weight excluding hydrogens is 492 g/mol. The molecule has 188 valence electrons. The van der Waals surface area contributed by atoms with Crippen molar-refractivity contribution in [3.05, 3.63) is 112 Å². The number of halogens is 1. The Morgan fingerprint density at radius 3 is 2.37 bits per heavy atom. The van der Waals surface area contributed by atoms with E-state index < -0.39 is 0 Å². The number of nitrogens with zero attached hydrogens (tertiary/aromatic N) is 6. The first-order valence-corrected chi connectivity index (χ1v) is 13.1. The van der Waals surface area contributed by atoms with Gasteiger partial charge >= 0.3 is 0 Å². The lowest BCUT2D eigenvalue weighted by molar-refractivity contribution is 0.798. The molecule has 4 aromatic carbocycles. The number of azo groups is 1. The van der Waals surface area contributed by atoms with Gasteiger partial charge < -0.3 is 4.90 Å². The number of benzene rings is 4. The van der Waals surface area contributed by atoms with Crippen molar-refractivity contribution in [3.8, 4) is 0 Å². The van der Waals surface area contributed by atoms with Gasteiger partial charge in [0.05, 0.1) is 17.3 Å². The second kappa shape index (κ2) is 9.62. The fourth-order valence-corrected chi connectivity index (χ4v) is 5.48. The highest BCUT2D eigenvalue weighted by Crippen LogP contribution is 2.53. The molecule has 1 atom stereocenters. The largest absolute Gasteiger partial charge is 0.311 e. The van der Waals surface area contributed by atoms with Gasteiger partial charge in [0, 0.05) is 17.8 Å². The van der Waals surface area contributed by atoms with Crippen LogP contribution in [-0.2, 0) is 0 Å². The number of anilines is 2. The Labute approximate surface area is 227 Å². The van der Waals surface area contributed by atoms with Crippen LogP contribution in [0.15, 0.2) is 83.0 Å². The van der Waals surface area contributed by atoms with Crippen molar-refractivity contribution < 1.29 is 0 Å². The Hall–Kier alpha value is -4.16. The maximum atomic E-state index is 6.52. The molecule has 6 rings (SSSR count). The SMILES string of the molecule is CCN(c1ccccc1)c1nc(Cl)nc(C2c3cc(C)cc4cc(C)c(N=Nc5ccccc5C)c2c34)n1. The van der Waals surface area contributed by atoms with Gasteiger partial charge in [0.15, 0.2) is 0 Å². The normalized spacial score (nSPS) is 14.2. The van der Waals surface area contributed by atoms with E-state index >= 15 is 0 Å². The summed E-state index contributed by atoms with van der Waals surface area (Å²) < 4.78 is 0. The number of aryl methyl sites for hydroxylation is 3. The maximum Gasteiger partial charge on any atom is 0.234 e. The first-order valence-electron chi connectivity index (χ1n) is 12.7. The first-order chi connectivity index (χ1) is 18.4. The molecule has 0 bridgehead atoms. The monoisotopic (exact) mass is 518 g/mol. The molecular formula is C31H27ClN6. The van der Waals surface area contributed by atoms with Gasteiger partial charge in [0.1, 0.15) is 5.82 Å². The zero-order valence-electron chi connectivity index (χ0n) is 21.8. The van der Waals surface area contributed by atoms with E-state index in [4.69, 9.17) is 21.7 Å². The van der Waals surface area contributed by atoms with Crippen LogP contribution in [0.1, 0.15) is 46.5 Å². The summed E-state index contributed by atoms with van der Waals surface area (Å²) in [6, 6.07) is 24.7. The number of aromatic nitrogens is 3. The van der Waals surface area contributed by atoms with Gasteiger partial charge in [-0.3, -0.25) is 0 Å². The minimum atomic E-state index is -0.174. The smallest absolute Gasteiger partial charge is 0.234 e. The van der Waals surface area contributed by atoms with Crippen molar-refractivity contribution in [3.63, 3.8) is 0 Å². The highest BCUT2D eigenvalue weighted by atomic mass is 35.5. The van der Waals surface area contributed by atoms with Crippen LogP contribution in [0.2, 0.25) is 5.28 Å². The Morgan fingerprint density at radius 1 is 0.842 bits per heavy atom. The summed E-state index contributed by atoms with van der Waals surface area (Å²) in [5.41, 5.74) is 8.31. The van der Waals surface area contributed by atoms with Crippen molar-refractivity contribution in [2.45, 2.75) is 33.6 Å². The molecule has 6 nitrogen and oxygen atoms in total. The van der Waals surface area contributed by atoms with Crippen LogP contribution in [0.25, 0.3) is 10.8 Å². The fourth-order valence-electron chi connectivity index (χ4n) is 5.32. The van der Waals surface area contributed by atoms with Crippen LogP contribution < -0.4 is 4.90 Å². The zero-order valence-corrected chi connectivity index (χ0v) is 22.5. The topological polar surface area (TPSA) is 66.6 Å². The number of para-hydroxylation sites is 1. The summed E-state index contributed by atoms with van der Waals surface area (Å²) >= 11 is 6.52. The lowest BCUT2D eigenvalue weighted by Gasteiger charge is -2.33. The van der Waals surface area contributed by atoms with Crippen LogP contribution >= 0.6 is 11.6 Å². The third-order valence-electron chi connectivity index (χ3n) is 7.08. The van der Waals surface area contributed by atoms with Gasteiger partial charge in [-0.2, -0.15) is 15.1 Å². The van der Waals surface area contributed by atoms with E-state index in [9.17, 15) is 0 Å². The molecule has 0 saturated heterocycles. The standard InChI is InChI=1S/C31H27ClN6/c1-5-38(22-12-7-6-8-13-22)31-34-29(33-30(32)35-31)26-23-16-18(2)15-21-17-20(4)28(27(26)25(21)23)37-36-24-14-10-9-11-19(24)3/h6-17,26H,5H2,1-4H3. The molecule has 1 aliphatic rings. The Kier molecular flexibility index (Phi) is 6.12. The van der Waals surface area contributed by atoms with E-state index in [2.05, 4.69) is 54.1 Å². The van der Waals surface area contributed by atoms with Gasteiger partial charge in [-0.15, -0.1) is 5.11 Å². The van der Waals surface area contributed by atoms with E-state index in [0.717, 1.165) is 33.8 Å². The minimum absolute atomic E-state index is 0.174. The van der Waals surface area contributed by atoms with Crippen LogP contribution in [0.4, 0.5) is 23.0 Å². The van der Waals surface area contributed by atoms with Crippen LogP contribution in [0.5, 0.6) is 0 Å². The summed E-state index contributed by atoms with van der Waals surface area (Å²) in [6.07, 6.45) is 0. The summed E-state index contributed by atoms with van der Waals surface area (Å²) in [5, 5.41) is 12.0. The molecule has 0 N–H and O–H groups in total. The average Bonchev–Trinajstić information content (AvgIpc) is 2.88. The third kappa shape index (κ3) is 4.11. The van der Waals surface area contributed by atoms with Crippen LogP contribution in [0, 0.1) is 20.8 Å². The number of rotatable bonds is 6. The third-order valence-corrected chi connectivity index (χ3v) is 7.25. The Bertz CT molecular complexity index is 1710. The van der Waals surface area contributed by atoms with Gasteiger partial charge in [-0.05, 0) is 91.0 Å². The van der Waals surface area contributed by atoms with E-state index in [1.54, 1.807) is 0 Å². The summed E-state index contributed by atoms with van der Waals surface area (Å²) in [5.74, 6) is 0.973. The summed E-state index contributed by atoms with van der Waals surface area (Å²) in [4.78, 5) is 16.1. The lowest BCUT2D eigenvalue weighted by Crippen LogP contribution is -2.23. The van der Waals surface area contributed by atoms with Crippen LogP contribution in [0.3, 0.4) is 0 Å². The quantitative estimate of drug-likeness (QED) is 0.207. The Balaban J connectivity index is 1.51. The van der Waals surface area contributed by atoms with Crippen molar-refractivity contribution in [1.82, 2.24) is 15.0 Å². The molecule has 0 radical (unpaired) electrons. The summed E-state index contributed by atoms with van der Waals surface area (Å²) in [7, 11) is 0. The molecule has 1 unspecified atom stereocenters. The van der Waals surface area contributed by atoms with Gasteiger partial charge in [0.2, 0.25) is 11.2 Å². The highest BCUT2D eigenvalue weighted by molar-refractivity contribution is 6.28. The van der Waals surface area contributed by atoms with Crippen molar-refractivity contribution in [1.29, 1.82) is 0 Å². The molecule has 0 fully saturated rings. The average molecular weight is 519 g/mol. The highest BCUT2D eigenvalue weighted by Gasteiger charge is 2.37. The van der Waals surface area contributed by atoms with Crippen LogP contribution in [-0.4, -0.2) is 21.5 Å². The molecule has 1 aliphatic carbocycles. The first kappa shape index (κ1) is 24.2. The summed E-state index contributed by atoms with van der Waals surface area (Å²) in [6.45, 7) is 9.00. The van der Waals surface area contributed by atoms with E-state index in [1.807, 2.05) is 66.4 Å². The second-order valence-corrected chi connectivity index (χ2v) is 10.0. The predicted molar refractivity (Wildman–Crippen MR) is 154 cm³/mol. The fraction of sp³-hybridized carbons (Fsp3) is 0.194. The molecule has 5 aromatic rings. The molecule has 0 aliphatic heterocycles. The second-order valence-electron chi connectivity index (χ2n) is 9.67. The van der Waals surface area contributed by atoms with E-state index in [1.165, 1.54) is 21.9 Å². The van der Waals surface area contributed by atoms with Crippen molar-refractivity contribution in [2.75, 3.05) is 11.4 Å². The zero-order chi connectivity index (χ0) is 26.4.